The number of carbonyl (C=O) groups excluding carboxylic acids is 1. The molecule has 4 rings (SSSR count). The summed E-state index contributed by atoms with van der Waals surface area (Å²) in [6.45, 7) is 8.33. The Hall–Kier alpha value is -3.06. The van der Waals surface area contributed by atoms with Gasteiger partial charge < -0.3 is 15.1 Å². The van der Waals surface area contributed by atoms with E-state index in [-0.39, 0.29) is 5.91 Å². The summed E-state index contributed by atoms with van der Waals surface area (Å²) in [5, 5.41) is 3.00. The van der Waals surface area contributed by atoms with Crippen molar-refractivity contribution < 1.29 is 4.79 Å². The van der Waals surface area contributed by atoms with Crippen LogP contribution in [0.5, 0.6) is 0 Å². The zero-order valence-corrected chi connectivity index (χ0v) is 17.1. The maximum Gasteiger partial charge on any atom is 0.251 e. The molecule has 0 aliphatic carbocycles. The number of fused-ring (bicyclic) bond motifs is 1. The SMILES string of the molecule is Cc1nc2ccc(C(=O)NCc3ccnc(N4CCN(C)CC4)c3)cc2nc1C. The van der Waals surface area contributed by atoms with Crippen molar-refractivity contribution >= 4 is 22.8 Å². The van der Waals surface area contributed by atoms with Crippen molar-refractivity contribution in [3.8, 4) is 0 Å². The molecule has 2 aromatic heterocycles. The molecule has 150 valence electrons. The molecular weight excluding hydrogens is 364 g/mol. The first kappa shape index (κ1) is 19.3. The van der Waals surface area contributed by atoms with Gasteiger partial charge in [-0.25, -0.2) is 15.0 Å². The Balaban J connectivity index is 1.44. The Morgan fingerprint density at radius 2 is 1.72 bits per heavy atom. The standard InChI is InChI=1S/C22H26N6O/c1-15-16(2)26-20-13-18(4-5-19(20)25-15)22(29)24-14-17-6-7-23-21(12-17)28-10-8-27(3)9-11-28/h4-7,12-13H,8-11,14H2,1-3H3,(H,24,29). The molecule has 1 aliphatic heterocycles. The Bertz CT molecular complexity index is 1040. The van der Waals surface area contributed by atoms with Gasteiger partial charge in [-0.3, -0.25) is 4.79 Å². The molecule has 1 aliphatic rings. The molecule has 1 saturated heterocycles. The van der Waals surface area contributed by atoms with Crippen LogP contribution < -0.4 is 10.2 Å². The largest absolute Gasteiger partial charge is 0.354 e. The summed E-state index contributed by atoms with van der Waals surface area (Å²) in [6.07, 6.45) is 1.81. The predicted octanol–water partition coefficient (Wildman–Crippen LogP) is 2.32. The molecule has 0 saturated carbocycles. The first-order chi connectivity index (χ1) is 14.0. The van der Waals surface area contributed by atoms with Crippen LogP contribution in [-0.4, -0.2) is 59.0 Å². The Morgan fingerprint density at radius 3 is 2.48 bits per heavy atom. The lowest BCUT2D eigenvalue weighted by atomic mass is 10.1. The van der Waals surface area contributed by atoms with Crippen molar-refractivity contribution in [3.05, 3.63) is 59.0 Å². The van der Waals surface area contributed by atoms with Crippen molar-refractivity contribution in [1.82, 2.24) is 25.2 Å². The lowest BCUT2D eigenvalue weighted by Gasteiger charge is -2.33. The fourth-order valence-corrected chi connectivity index (χ4v) is 3.44. The third-order valence-corrected chi connectivity index (χ3v) is 5.43. The van der Waals surface area contributed by atoms with Gasteiger partial charge in [-0.15, -0.1) is 0 Å². The molecule has 1 amide bonds. The number of piperazine rings is 1. The highest BCUT2D eigenvalue weighted by atomic mass is 16.1. The molecule has 0 spiro atoms. The van der Waals surface area contributed by atoms with E-state index in [1.54, 1.807) is 12.1 Å². The minimum absolute atomic E-state index is 0.120. The monoisotopic (exact) mass is 390 g/mol. The minimum Gasteiger partial charge on any atom is -0.354 e. The Kier molecular flexibility index (Phi) is 5.40. The zero-order chi connectivity index (χ0) is 20.4. The van der Waals surface area contributed by atoms with E-state index in [0.717, 1.165) is 60.0 Å². The fraction of sp³-hybridized carbons (Fsp3) is 0.364. The summed E-state index contributed by atoms with van der Waals surface area (Å²) in [5.74, 6) is 0.849. The summed E-state index contributed by atoms with van der Waals surface area (Å²) in [6, 6.07) is 9.44. The van der Waals surface area contributed by atoms with Gasteiger partial charge in [-0.1, -0.05) is 0 Å². The molecule has 0 unspecified atom stereocenters. The van der Waals surface area contributed by atoms with Crippen LogP contribution in [0.1, 0.15) is 27.3 Å². The van der Waals surface area contributed by atoms with Crippen LogP contribution in [0.15, 0.2) is 36.5 Å². The van der Waals surface area contributed by atoms with E-state index < -0.39 is 0 Å². The molecule has 3 aromatic rings. The van der Waals surface area contributed by atoms with Crippen molar-refractivity contribution in [1.29, 1.82) is 0 Å². The average molecular weight is 390 g/mol. The van der Waals surface area contributed by atoms with Gasteiger partial charge in [0.15, 0.2) is 0 Å². The summed E-state index contributed by atoms with van der Waals surface area (Å²) >= 11 is 0. The van der Waals surface area contributed by atoms with Crippen LogP contribution in [-0.2, 0) is 6.54 Å². The number of likely N-dealkylation sites (N-methyl/N-ethyl adjacent to an activating group) is 1. The van der Waals surface area contributed by atoms with Crippen LogP contribution in [0.25, 0.3) is 11.0 Å². The smallest absolute Gasteiger partial charge is 0.251 e. The molecule has 7 heteroatoms. The number of benzene rings is 1. The van der Waals surface area contributed by atoms with Crippen LogP contribution in [0, 0.1) is 13.8 Å². The minimum atomic E-state index is -0.120. The number of carbonyl (C=O) groups is 1. The van der Waals surface area contributed by atoms with Crippen LogP contribution >= 0.6 is 0 Å². The normalized spacial score (nSPS) is 14.9. The van der Waals surface area contributed by atoms with Crippen molar-refractivity contribution in [2.45, 2.75) is 20.4 Å². The molecule has 0 radical (unpaired) electrons. The predicted molar refractivity (Wildman–Crippen MR) is 114 cm³/mol. The number of aromatic nitrogens is 3. The average Bonchev–Trinajstić information content (AvgIpc) is 2.73. The third-order valence-electron chi connectivity index (χ3n) is 5.43. The molecule has 29 heavy (non-hydrogen) atoms. The topological polar surface area (TPSA) is 74.2 Å². The van der Waals surface area contributed by atoms with Crippen LogP contribution in [0.2, 0.25) is 0 Å². The molecular formula is C22H26N6O. The summed E-state index contributed by atoms with van der Waals surface area (Å²) < 4.78 is 0. The van der Waals surface area contributed by atoms with E-state index in [1.807, 2.05) is 32.2 Å². The van der Waals surface area contributed by atoms with Gasteiger partial charge in [-0.2, -0.15) is 0 Å². The second kappa shape index (κ2) is 8.13. The lowest BCUT2D eigenvalue weighted by Crippen LogP contribution is -2.44. The summed E-state index contributed by atoms with van der Waals surface area (Å²) in [5.41, 5.74) is 4.95. The number of nitrogens with zero attached hydrogens (tertiary/aromatic N) is 5. The summed E-state index contributed by atoms with van der Waals surface area (Å²) in [4.78, 5) is 30.8. The van der Waals surface area contributed by atoms with Gasteiger partial charge >= 0.3 is 0 Å². The first-order valence-corrected chi connectivity index (χ1v) is 9.91. The number of pyridine rings is 1. The van der Waals surface area contributed by atoms with E-state index in [2.05, 4.69) is 43.2 Å². The summed E-state index contributed by atoms with van der Waals surface area (Å²) in [7, 11) is 2.14. The highest BCUT2D eigenvalue weighted by Crippen LogP contribution is 2.16. The van der Waals surface area contributed by atoms with Crippen molar-refractivity contribution in [3.63, 3.8) is 0 Å². The van der Waals surface area contributed by atoms with E-state index in [0.29, 0.717) is 12.1 Å². The van der Waals surface area contributed by atoms with E-state index in [9.17, 15) is 4.79 Å². The van der Waals surface area contributed by atoms with Crippen molar-refractivity contribution in [2.75, 3.05) is 38.1 Å². The number of aryl methyl sites for hydroxylation is 2. The molecule has 1 aromatic carbocycles. The highest BCUT2D eigenvalue weighted by molar-refractivity contribution is 5.97. The Morgan fingerprint density at radius 1 is 1.00 bits per heavy atom. The van der Waals surface area contributed by atoms with Crippen LogP contribution in [0.4, 0.5) is 5.82 Å². The number of nitrogens with one attached hydrogen (secondary N) is 1. The second-order valence-corrected chi connectivity index (χ2v) is 7.59. The Labute approximate surface area is 170 Å². The van der Waals surface area contributed by atoms with Gasteiger partial charge in [0.1, 0.15) is 5.82 Å². The quantitative estimate of drug-likeness (QED) is 0.737. The number of hydrogen-bond donors (Lipinski definition) is 1. The lowest BCUT2D eigenvalue weighted by molar-refractivity contribution is 0.0951. The van der Waals surface area contributed by atoms with E-state index >= 15 is 0 Å². The van der Waals surface area contributed by atoms with Gasteiger partial charge in [0.05, 0.1) is 22.4 Å². The number of anilines is 1. The van der Waals surface area contributed by atoms with Crippen molar-refractivity contribution in [2.24, 2.45) is 0 Å². The molecule has 0 atom stereocenters. The number of hydrogen-bond acceptors (Lipinski definition) is 6. The van der Waals surface area contributed by atoms with E-state index in [4.69, 9.17) is 0 Å². The second-order valence-electron chi connectivity index (χ2n) is 7.59. The third kappa shape index (κ3) is 4.35. The number of amides is 1. The van der Waals surface area contributed by atoms with Crippen LogP contribution in [0.3, 0.4) is 0 Å². The fourth-order valence-electron chi connectivity index (χ4n) is 3.44. The molecule has 3 heterocycles. The van der Waals surface area contributed by atoms with Gasteiger partial charge in [0.2, 0.25) is 0 Å². The highest BCUT2D eigenvalue weighted by Gasteiger charge is 2.15. The first-order valence-electron chi connectivity index (χ1n) is 9.91. The molecule has 1 fully saturated rings. The number of rotatable bonds is 4. The molecule has 7 nitrogen and oxygen atoms in total. The van der Waals surface area contributed by atoms with Gasteiger partial charge in [0, 0.05) is 44.5 Å². The van der Waals surface area contributed by atoms with Gasteiger partial charge in [0.25, 0.3) is 5.91 Å². The van der Waals surface area contributed by atoms with Gasteiger partial charge in [-0.05, 0) is 56.8 Å². The zero-order valence-electron chi connectivity index (χ0n) is 17.1. The molecule has 0 bridgehead atoms. The van der Waals surface area contributed by atoms with E-state index in [1.165, 1.54) is 0 Å². The maximum atomic E-state index is 12.6. The molecule has 1 N–H and O–H groups in total. The maximum absolute atomic E-state index is 12.6.